The molecule has 1 rings (SSSR count). The minimum Gasteiger partial charge on any atom is -0.440 e. The average Bonchev–Trinajstić information content (AvgIpc) is 2.26. The molecule has 1 aromatic rings. The Morgan fingerprint density at radius 2 is 2.00 bits per heavy atom. The lowest BCUT2D eigenvalue weighted by atomic mass is 10.1. The molecule has 1 unspecified atom stereocenters. The van der Waals surface area contributed by atoms with Crippen LogP contribution in [0.4, 0.5) is 4.79 Å². The second-order valence-electron chi connectivity index (χ2n) is 3.41. The Morgan fingerprint density at radius 1 is 1.40 bits per heavy atom. The molecule has 0 saturated heterocycles. The van der Waals surface area contributed by atoms with E-state index in [0.717, 1.165) is 5.56 Å². The fourth-order valence-corrected chi connectivity index (χ4v) is 1.15. The van der Waals surface area contributed by atoms with Crippen molar-refractivity contribution in [1.82, 2.24) is 4.90 Å². The van der Waals surface area contributed by atoms with Crippen LogP contribution in [0.2, 0.25) is 0 Å². The van der Waals surface area contributed by atoms with Gasteiger partial charge in [0.25, 0.3) is 0 Å². The lowest BCUT2D eigenvalue weighted by Crippen LogP contribution is -2.27. The van der Waals surface area contributed by atoms with Gasteiger partial charge in [-0.1, -0.05) is 30.3 Å². The summed E-state index contributed by atoms with van der Waals surface area (Å²) < 4.78 is 5.21. The number of hydrogen-bond donors (Lipinski definition) is 1. The van der Waals surface area contributed by atoms with Crippen molar-refractivity contribution in [2.45, 2.75) is 6.10 Å². The minimum absolute atomic E-state index is 0.281. The van der Waals surface area contributed by atoms with E-state index < -0.39 is 0 Å². The number of ether oxygens (including phenoxy) is 1. The normalized spacial score (nSPS) is 11.9. The van der Waals surface area contributed by atoms with E-state index in [4.69, 9.17) is 10.5 Å². The maximum atomic E-state index is 11.3. The fourth-order valence-electron chi connectivity index (χ4n) is 1.15. The van der Waals surface area contributed by atoms with Gasteiger partial charge in [0.2, 0.25) is 0 Å². The Kier molecular flexibility index (Phi) is 4.12. The van der Waals surface area contributed by atoms with Crippen LogP contribution in [0.15, 0.2) is 30.3 Å². The zero-order chi connectivity index (χ0) is 11.3. The zero-order valence-corrected chi connectivity index (χ0v) is 9.01. The van der Waals surface area contributed by atoms with Crippen LogP contribution in [0.1, 0.15) is 11.7 Å². The van der Waals surface area contributed by atoms with Crippen LogP contribution >= 0.6 is 0 Å². The quantitative estimate of drug-likeness (QED) is 0.816. The molecule has 2 N–H and O–H groups in total. The molecule has 0 radical (unpaired) electrons. The third kappa shape index (κ3) is 3.25. The molecule has 0 heterocycles. The van der Waals surface area contributed by atoms with Gasteiger partial charge in [0.05, 0.1) is 0 Å². The number of nitrogens with zero attached hydrogens (tertiary/aromatic N) is 1. The molecule has 0 aliphatic rings. The van der Waals surface area contributed by atoms with E-state index >= 15 is 0 Å². The number of rotatable bonds is 3. The number of hydrogen-bond acceptors (Lipinski definition) is 3. The van der Waals surface area contributed by atoms with E-state index in [-0.39, 0.29) is 18.7 Å². The Bertz CT molecular complexity index is 312. The molecular formula is C11H16N2O2. The van der Waals surface area contributed by atoms with Crippen molar-refractivity contribution in [3.63, 3.8) is 0 Å². The molecular weight excluding hydrogens is 192 g/mol. The van der Waals surface area contributed by atoms with Crippen molar-refractivity contribution in [3.05, 3.63) is 35.9 Å². The van der Waals surface area contributed by atoms with Crippen LogP contribution in [-0.2, 0) is 4.74 Å². The van der Waals surface area contributed by atoms with E-state index in [0.29, 0.717) is 0 Å². The summed E-state index contributed by atoms with van der Waals surface area (Å²) in [6.45, 7) is 0.281. The van der Waals surface area contributed by atoms with E-state index in [1.165, 1.54) is 4.90 Å². The van der Waals surface area contributed by atoms with Crippen LogP contribution in [0, 0.1) is 0 Å². The molecule has 1 aromatic carbocycles. The Labute approximate surface area is 89.6 Å². The van der Waals surface area contributed by atoms with Gasteiger partial charge in [-0.15, -0.1) is 0 Å². The van der Waals surface area contributed by atoms with Crippen molar-refractivity contribution >= 4 is 6.09 Å². The summed E-state index contributed by atoms with van der Waals surface area (Å²) in [7, 11) is 3.28. The largest absolute Gasteiger partial charge is 0.440 e. The van der Waals surface area contributed by atoms with Gasteiger partial charge in [0, 0.05) is 20.6 Å². The van der Waals surface area contributed by atoms with Gasteiger partial charge < -0.3 is 15.4 Å². The number of carbonyl (C=O) groups is 1. The van der Waals surface area contributed by atoms with Crippen LogP contribution in [0.25, 0.3) is 0 Å². The van der Waals surface area contributed by atoms with Crippen molar-refractivity contribution in [3.8, 4) is 0 Å². The molecule has 0 aliphatic heterocycles. The first-order valence-corrected chi connectivity index (χ1v) is 4.78. The monoisotopic (exact) mass is 208 g/mol. The van der Waals surface area contributed by atoms with Crippen molar-refractivity contribution < 1.29 is 9.53 Å². The van der Waals surface area contributed by atoms with Gasteiger partial charge in [-0.25, -0.2) is 4.79 Å². The summed E-state index contributed by atoms with van der Waals surface area (Å²) in [4.78, 5) is 12.7. The highest BCUT2D eigenvalue weighted by molar-refractivity contribution is 5.67. The van der Waals surface area contributed by atoms with Gasteiger partial charge in [-0.3, -0.25) is 0 Å². The van der Waals surface area contributed by atoms with Crippen LogP contribution in [0.3, 0.4) is 0 Å². The SMILES string of the molecule is CN(C)C(=O)OC(CN)c1ccccc1. The molecule has 0 aromatic heterocycles. The highest BCUT2D eigenvalue weighted by atomic mass is 16.6. The Balaban J connectivity index is 2.69. The summed E-state index contributed by atoms with van der Waals surface area (Å²) in [6.07, 6.45) is -0.754. The smallest absolute Gasteiger partial charge is 0.409 e. The number of amides is 1. The molecule has 1 atom stereocenters. The summed E-state index contributed by atoms with van der Waals surface area (Å²) in [5.41, 5.74) is 6.47. The van der Waals surface area contributed by atoms with Gasteiger partial charge in [0.1, 0.15) is 6.10 Å². The number of nitrogens with two attached hydrogens (primary N) is 1. The van der Waals surface area contributed by atoms with Crippen molar-refractivity contribution in [1.29, 1.82) is 0 Å². The molecule has 0 bridgehead atoms. The van der Waals surface area contributed by atoms with Crippen LogP contribution in [-0.4, -0.2) is 31.6 Å². The maximum absolute atomic E-state index is 11.3. The molecule has 0 spiro atoms. The van der Waals surface area contributed by atoms with E-state index in [1.807, 2.05) is 30.3 Å². The predicted molar refractivity (Wildman–Crippen MR) is 58.4 cm³/mol. The molecule has 15 heavy (non-hydrogen) atoms. The second kappa shape index (κ2) is 5.36. The highest BCUT2D eigenvalue weighted by Gasteiger charge is 2.15. The Hall–Kier alpha value is -1.55. The number of benzene rings is 1. The van der Waals surface area contributed by atoms with Gasteiger partial charge in [0.15, 0.2) is 0 Å². The molecule has 0 aliphatic carbocycles. The lowest BCUT2D eigenvalue weighted by molar-refractivity contribution is 0.0780. The van der Waals surface area contributed by atoms with Gasteiger partial charge in [-0.05, 0) is 5.56 Å². The summed E-state index contributed by atoms with van der Waals surface area (Å²) in [5.74, 6) is 0. The first kappa shape index (κ1) is 11.5. The van der Waals surface area contributed by atoms with Crippen molar-refractivity contribution in [2.75, 3.05) is 20.6 Å². The molecule has 4 heteroatoms. The minimum atomic E-state index is -0.380. The summed E-state index contributed by atoms with van der Waals surface area (Å²) >= 11 is 0. The third-order valence-corrected chi connectivity index (χ3v) is 1.99. The van der Waals surface area contributed by atoms with Crippen LogP contribution < -0.4 is 5.73 Å². The molecule has 1 amide bonds. The molecule has 4 nitrogen and oxygen atoms in total. The second-order valence-corrected chi connectivity index (χ2v) is 3.41. The van der Waals surface area contributed by atoms with E-state index in [1.54, 1.807) is 14.1 Å². The van der Waals surface area contributed by atoms with E-state index in [9.17, 15) is 4.79 Å². The van der Waals surface area contributed by atoms with Gasteiger partial charge in [-0.2, -0.15) is 0 Å². The topological polar surface area (TPSA) is 55.6 Å². The maximum Gasteiger partial charge on any atom is 0.409 e. The fraction of sp³-hybridized carbons (Fsp3) is 0.364. The first-order valence-electron chi connectivity index (χ1n) is 4.78. The first-order chi connectivity index (χ1) is 7.15. The molecule has 0 fully saturated rings. The van der Waals surface area contributed by atoms with Crippen LogP contribution in [0.5, 0.6) is 0 Å². The van der Waals surface area contributed by atoms with Crippen molar-refractivity contribution in [2.24, 2.45) is 5.73 Å². The molecule has 0 saturated carbocycles. The predicted octanol–water partition coefficient (Wildman–Crippen LogP) is 1.38. The number of carbonyl (C=O) groups excluding carboxylic acids is 1. The van der Waals surface area contributed by atoms with E-state index in [2.05, 4.69) is 0 Å². The zero-order valence-electron chi connectivity index (χ0n) is 9.01. The third-order valence-electron chi connectivity index (χ3n) is 1.99. The summed E-state index contributed by atoms with van der Waals surface area (Å²) in [5, 5.41) is 0. The van der Waals surface area contributed by atoms with Gasteiger partial charge >= 0.3 is 6.09 Å². The Morgan fingerprint density at radius 3 is 2.47 bits per heavy atom. The highest BCUT2D eigenvalue weighted by Crippen LogP contribution is 2.16. The lowest BCUT2D eigenvalue weighted by Gasteiger charge is -2.19. The summed E-state index contributed by atoms with van der Waals surface area (Å²) in [6, 6.07) is 9.47. The molecule has 82 valence electrons. The standard InChI is InChI=1S/C11H16N2O2/c1-13(2)11(14)15-10(8-12)9-6-4-3-5-7-9/h3-7,10H,8,12H2,1-2H3. The average molecular weight is 208 g/mol.